The number of carbonyl (C=O) groups is 2. The van der Waals surface area contributed by atoms with E-state index in [2.05, 4.69) is 10.6 Å². The fourth-order valence-electron chi connectivity index (χ4n) is 2.45. The SMILES string of the molecule is N#Cc1ccc(NC(=O)C2CC2C(=O)Nc2ccc(Cl)c(Cl)c2)cc1. The molecular formula is C18H13Cl2N3O2. The Morgan fingerprint density at radius 2 is 1.48 bits per heavy atom. The lowest BCUT2D eigenvalue weighted by molar-refractivity contribution is -0.122. The van der Waals surface area contributed by atoms with Crippen LogP contribution >= 0.6 is 23.2 Å². The molecule has 1 fully saturated rings. The number of carbonyl (C=O) groups excluding carboxylic acids is 2. The summed E-state index contributed by atoms with van der Waals surface area (Å²) < 4.78 is 0. The van der Waals surface area contributed by atoms with E-state index in [0.717, 1.165) is 0 Å². The number of nitriles is 1. The molecule has 3 rings (SSSR count). The fourth-order valence-corrected chi connectivity index (χ4v) is 2.74. The minimum absolute atomic E-state index is 0.209. The van der Waals surface area contributed by atoms with E-state index in [0.29, 0.717) is 33.4 Å². The van der Waals surface area contributed by atoms with Gasteiger partial charge in [0.1, 0.15) is 0 Å². The minimum atomic E-state index is -0.368. The van der Waals surface area contributed by atoms with E-state index in [-0.39, 0.29) is 23.7 Å². The van der Waals surface area contributed by atoms with Crippen molar-refractivity contribution in [2.45, 2.75) is 6.42 Å². The van der Waals surface area contributed by atoms with Crippen LogP contribution in [0.5, 0.6) is 0 Å². The third-order valence-electron chi connectivity index (χ3n) is 3.93. The maximum absolute atomic E-state index is 12.2. The van der Waals surface area contributed by atoms with Crippen molar-refractivity contribution < 1.29 is 9.59 Å². The van der Waals surface area contributed by atoms with E-state index in [1.54, 1.807) is 42.5 Å². The topological polar surface area (TPSA) is 82.0 Å². The van der Waals surface area contributed by atoms with Gasteiger partial charge in [-0.2, -0.15) is 5.26 Å². The Hall–Kier alpha value is -2.55. The number of benzene rings is 2. The van der Waals surface area contributed by atoms with Crippen molar-refractivity contribution in [2.75, 3.05) is 10.6 Å². The smallest absolute Gasteiger partial charge is 0.228 e. The van der Waals surface area contributed by atoms with E-state index >= 15 is 0 Å². The van der Waals surface area contributed by atoms with Crippen LogP contribution in [0.15, 0.2) is 42.5 Å². The number of anilines is 2. The molecule has 0 radical (unpaired) electrons. The molecular weight excluding hydrogens is 361 g/mol. The summed E-state index contributed by atoms with van der Waals surface area (Å²) in [5, 5.41) is 15.0. The van der Waals surface area contributed by atoms with Crippen LogP contribution in [-0.4, -0.2) is 11.8 Å². The monoisotopic (exact) mass is 373 g/mol. The lowest BCUT2D eigenvalue weighted by Gasteiger charge is -2.07. The van der Waals surface area contributed by atoms with Gasteiger partial charge in [0.25, 0.3) is 0 Å². The number of nitrogens with one attached hydrogen (secondary N) is 2. The quantitative estimate of drug-likeness (QED) is 0.846. The third kappa shape index (κ3) is 4.11. The van der Waals surface area contributed by atoms with E-state index in [9.17, 15) is 9.59 Å². The molecule has 0 bridgehead atoms. The summed E-state index contributed by atoms with van der Waals surface area (Å²) in [6, 6.07) is 13.4. The molecule has 2 aromatic carbocycles. The molecule has 0 spiro atoms. The minimum Gasteiger partial charge on any atom is -0.326 e. The Labute approximate surface area is 154 Å². The largest absolute Gasteiger partial charge is 0.326 e. The molecule has 7 heteroatoms. The molecule has 1 aliphatic carbocycles. The van der Waals surface area contributed by atoms with Crippen LogP contribution in [0.4, 0.5) is 11.4 Å². The zero-order valence-electron chi connectivity index (χ0n) is 12.9. The first kappa shape index (κ1) is 17.3. The molecule has 2 N–H and O–H groups in total. The number of halogens is 2. The van der Waals surface area contributed by atoms with Gasteiger partial charge < -0.3 is 10.6 Å². The van der Waals surface area contributed by atoms with Crippen molar-refractivity contribution in [2.24, 2.45) is 11.8 Å². The van der Waals surface area contributed by atoms with Gasteiger partial charge in [-0.15, -0.1) is 0 Å². The summed E-state index contributed by atoms with van der Waals surface area (Å²) >= 11 is 11.8. The van der Waals surface area contributed by atoms with Crippen LogP contribution in [0.25, 0.3) is 0 Å². The lowest BCUT2D eigenvalue weighted by atomic mass is 10.2. The highest BCUT2D eigenvalue weighted by Crippen LogP contribution is 2.40. The summed E-state index contributed by atoms with van der Waals surface area (Å²) in [6.45, 7) is 0. The molecule has 2 amide bonds. The average molecular weight is 374 g/mol. The predicted molar refractivity (Wildman–Crippen MR) is 96.5 cm³/mol. The zero-order valence-corrected chi connectivity index (χ0v) is 14.4. The van der Waals surface area contributed by atoms with Gasteiger partial charge in [0, 0.05) is 11.4 Å². The van der Waals surface area contributed by atoms with Gasteiger partial charge in [-0.1, -0.05) is 23.2 Å². The Morgan fingerprint density at radius 3 is 2.04 bits per heavy atom. The van der Waals surface area contributed by atoms with Crippen molar-refractivity contribution >= 4 is 46.4 Å². The summed E-state index contributed by atoms with van der Waals surface area (Å²) in [7, 11) is 0. The number of rotatable bonds is 4. The second-order valence-corrected chi connectivity index (χ2v) is 6.56. The van der Waals surface area contributed by atoms with E-state index in [1.165, 1.54) is 0 Å². The molecule has 0 saturated heterocycles. The number of hydrogen-bond donors (Lipinski definition) is 2. The number of nitrogens with zero attached hydrogens (tertiary/aromatic N) is 1. The predicted octanol–water partition coefficient (Wildman–Crippen LogP) is 4.08. The molecule has 2 unspecified atom stereocenters. The highest BCUT2D eigenvalue weighted by Gasteiger charge is 2.48. The van der Waals surface area contributed by atoms with Crippen molar-refractivity contribution in [3.63, 3.8) is 0 Å². The van der Waals surface area contributed by atoms with Crippen LogP contribution in [0.1, 0.15) is 12.0 Å². The molecule has 2 atom stereocenters. The highest BCUT2D eigenvalue weighted by molar-refractivity contribution is 6.42. The molecule has 0 heterocycles. The molecule has 1 saturated carbocycles. The van der Waals surface area contributed by atoms with Crippen LogP contribution < -0.4 is 10.6 Å². The van der Waals surface area contributed by atoms with Crippen molar-refractivity contribution in [1.29, 1.82) is 5.26 Å². The van der Waals surface area contributed by atoms with Crippen LogP contribution in [0, 0.1) is 23.2 Å². The first-order valence-corrected chi connectivity index (χ1v) is 8.30. The van der Waals surface area contributed by atoms with Crippen LogP contribution in [-0.2, 0) is 9.59 Å². The summed E-state index contributed by atoms with van der Waals surface area (Å²) in [6.07, 6.45) is 0.495. The van der Waals surface area contributed by atoms with E-state index in [4.69, 9.17) is 28.5 Å². The van der Waals surface area contributed by atoms with E-state index in [1.807, 2.05) is 6.07 Å². The maximum Gasteiger partial charge on any atom is 0.228 e. The van der Waals surface area contributed by atoms with Gasteiger partial charge in [0.05, 0.1) is 33.5 Å². The van der Waals surface area contributed by atoms with Crippen molar-refractivity contribution in [3.8, 4) is 6.07 Å². The Balaban J connectivity index is 1.55. The fraction of sp³-hybridized carbons (Fsp3) is 0.167. The zero-order chi connectivity index (χ0) is 18.0. The molecule has 2 aromatic rings. The van der Waals surface area contributed by atoms with Gasteiger partial charge in [0.2, 0.25) is 11.8 Å². The molecule has 5 nitrogen and oxygen atoms in total. The van der Waals surface area contributed by atoms with Crippen LogP contribution in [0.3, 0.4) is 0 Å². The standard InChI is InChI=1S/C18H13Cl2N3O2/c19-15-6-5-12(7-16(15)20)23-18(25)14-8-13(14)17(24)22-11-3-1-10(9-21)2-4-11/h1-7,13-14H,8H2,(H,22,24)(H,23,25). The van der Waals surface area contributed by atoms with Crippen molar-refractivity contribution in [3.05, 3.63) is 58.1 Å². The summed E-state index contributed by atoms with van der Waals surface area (Å²) in [4.78, 5) is 24.4. The maximum atomic E-state index is 12.2. The molecule has 0 aromatic heterocycles. The second-order valence-electron chi connectivity index (χ2n) is 5.75. The number of hydrogen-bond acceptors (Lipinski definition) is 3. The normalized spacial score (nSPS) is 18.1. The first-order chi connectivity index (χ1) is 12.0. The third-order valence-corrected chi connectivity index (χ3v) is 4.67. The van der Waals surface area contributed by atoms with Crippen molar-refractivity contribution in [1.82, 2.24) is 0 Å². The molecule has 25 heavy (non-hydrogen) atoms. The van der Waals surface area contributed by atoms with Gasteiger partial charge in [-0.3, -0.25) is 9.59 Å². The molecule has 126 valence electrons. The molecule has 1 aliphatic rings. The second kappa shape index (κ2) is 7.14. The Bertz CT molecular complexity index is 875. The highest BCUT2D eigenvalue weighted by atomic mass is 35.5. The Kier molecular flexibility index (Phi) is 4.93. The lowest BCUT2D eigenvalue weighted by Crippen LogP contribution is -2.20. The average Bonchev–Trinajstić information content (AvgIpc) is 3.40. The van der Waals surface area contributed by atoms with Gasteiger partial charge in [-0.25, -0.2) is 0 Å². The van der Waals surface area contributed by atoms with Gasteiger partial charge in [-0.05, 0) is 48.9 Å². The van der Waals surface area contributed by atoms with Gasteiger partial charge >= 0.3 is 0 Å². The summed E-state index contributed by atoms with van der Waals surface area (Å²) in [5.41, 5.74) is 1.65. The van der Waals surface area contributed by atoms with Crippen LogP contribution in [0.2, 0.25) is 10.0 Å². The Morgan fingerprint density at radius 1 is 0.920 bits per heavy atom. The number of amides is 2. The molecule has 0 aliphatic heterocycles. The van der Waals surface area contributed by atoms with Gasteiger partial charge in [0.15, 0.2) is 0 Å². The summed E-state index contributed by atoms with van der Waals surface area (Å²) in [5.74, 6) is -1.16. The first-order valence-electron chi connectivity index (χ1n) is 7.55. The van der Waals surface area contributed by atoms with E-state index < -0.39 is 0 Å².